The SMILES string of the molecule is Cc1ccc(C(=O)N2C[C@@H](C(=O)Nc3cccnc3)C[C@H]3OCC[C@H]32)o1. The van der Waals surface area contributed by atoms with E-state index >= 15 is 0 Å². The molecule has 0 unspecified atom stereocenters. The lowest BCUT2D eigenvalue weighted by molar-refractivity contribution is -0.123. The van der Waals surface area contributed by atoms with Crippen molar-refractivity contribution in [2.45, 2.75) is 31.9 Å². The second-order valence-corrected chi connectivity index (χ2v) is 6.80. The van der Waals surface area contributed by atoms with Gasteiger partial charge in [0.25, 0.3) is 5.91 Å². The molecule has 0 saturated carbocycles. The first-order valence-corrected chi connectivity index (χ1v) is 8.82. The molecule has 2 aromatic heterocycles. The standard InChI is InChI=1S/C19H21N3O4/c1-12-4-5-16(26-12)19(24)22-11-13(9-17-15(22)6-8-25-17)18(23)21-14-3-2-7-20-10-14/h2-5,7,10,13,15,17H,6,8-9,11H2,1H3,(H,21,23)/t13-,15+,17+/m0/s1. The van der Waals surface area contributed by atoms with Gasteiger partial charge in [0.2, 0.25) is 5.91 Å². The number of furan rings is 1. The molecule has 2 saturated heterocycles. The maximum absolute atomic E-state index is 12.9. The summed E-state index contributed by atoms with van der Waals surface area (Å²) in [6, 6.07) is 7.00. The van der Waals surface area contributed by atoms with Crippen LogP contribution in [-0.4, -0.2) is 47.0 Å². The highest BCUT2D eigenvalue weighted by Gasteiger charge is 2.44. The van der Waals surface area contributed by atoms with Crippen molar-refractivity contribution in [1.82, 2.24) is 9.88 Å². The molecule has 7 nitrogen and oxygen atoms in total. The zero-order chi connectivity index (χ0) is 18.1. The number of ether oxygens (including phenoxy) is 1. The van der Waals surface area contributed by atoms with E-state index in [0.717, 1.165) is 6.42 Å². The number of carbonyl (C=O) groups is 2. The molecule has 2 aliphatic rings. The van der Waals surface area contributed by atoms with Crippen LogP contribution in [-0.2, 0) is 9.53 Å². The second kappa shape index (κ2) is 6.92. The van der Waals surface area contributed by atoms with Crippen LogP contribution >= 0.6 is 0 Å². The highest BCUT2D eigenvalue weighted by molar-refractivity contribution is 5.95. The van der Waals surface area contributed by atoms with E-state index < -0.39 is 0 Å². The lowest BCUT2D eigenvalue weighted by Crippen LogP contribution is -2.54. The van der Waals surface area contributed by atoms with Crippen LogP contribution in [0.3, 0.4) is 0 Å². The van der Waals surface area contributed by atoms with E-state index in [9.17, 15) is 9.59 Å². The maximum atomic E-state index is 12.9. The zero-order valence-corrected chi connectivity index (χ0v) is 14.6. The summed E-state index contributed by atoms with van der Waals surface area (Å²) < 4.78 is 11.3. The molecule has 0 spiro atoms. The molecule has 0 aliphatic carbocycles. The van der Waals surface area contributed by atoms with E-state index in [-0.39, 0.29) is 29.9 Å². The second-order valence-electron chi connectivity index (χ2n) is 6.80. The highest BCUT2D eigenvalue weighted by Crippen LogP contribution is 2.33. The molecule has 4 heterocycles. The summed E-state index contributed by atoms with van der Waals surface area (Å²) in [4.78, 5) is 31.4. The number of rotatable bonds is 3. The molecule has 26 heavy (non-hydrogen) atoms. The number of piperidine rings is 1. The molecule has 1 N–H and O–H groups in total. The monoisotopic (exact) mass is 355 g/mol. The number of hydrogen-bond acceptors (Lipinski definition) is 5. The Bertz CT molecular complexity index is 804. The van der Waals surface area contributed by atoms with E-state index in [1.807, 2.05) is 0 Å². The Labute approximate surface area is 151 Å². The fraction of sp³-hybridized carbons (Fsp3) is 0.421. The van der Waals surface area contributed by atoms with Crippen molar-refractivity contribution in [3.8, 4) is 0 Å². The van der Waals surface area contributed by atoms with Crippen LogP contribution in [0.25, 0.3) is 0 Å². The van der Waals surface area contributed by atoms with Crippen molar-refractivity contribution in [2.75, 3.05) is 18.5 Å². The van der Waals surface area contributed by atoms with Crippen molar-refractivity contribution in [1.29, 1.82) is 0 Å². The molecule has 2 amide bonds. The van der Waals surface area contributed by atoms with Crippen molar-refractivity contribution in [2.24, 2.45) is 5.92 Å². The number of anilines is 1. The van der Waals surface area contributed by atoms with Gasteiger partial charge >= 0.3 is 0 Å². The third-order valence-corrected chi connectivity index (χ3v) is 5.02. The largest absolute Gasteiger partial charge is 0.456 e. The number of nitrogens with zero attached hydrogens (tertiary/aromatic N) is 2. The van der Waals surface area contributed by atoms with Gasteiger partial charge in [0.05, 0.1) is 29.9 Å². The number of fused-ring (bicyclic) bond motifs is 1. The van der Waals surface area contributed by atoms with E-state index in [1.54, 1.807) is 48.5 Å². The lowest BCUT2D eigenvalue weighted by atomic mass is 9.89. The number of likely N-dealkylation sites (tertiary alicyclic amines) is 1. The molecule has 4 rings (SSSR count). The third-order valence-electron chi connectivity index (χ3n) is 5.02. The zero-order valence-electron chi connectivity index (χ0n) is 14.6. The van der Waals surface area contributed by atoms with Crippen LogP contribution in [0.4, 0.5) is 5.69 Å². The Morgan fingerprint density at radius 1 is 1.31 bits per heavy atom. The number of pyridine rings is 1. The van der Waals surface area contributed by atoms with Crippen molar-refractivity contribution < 1.29 is 18.7 Å². The van der Waals surface area contributed by atoms with Gasteiger partial charge in [-0.1, -0.05) is 0 Å². The Morgan fingerprint density at radius 3 is 2.92 bits per heavy atom. The minimum absolute atomic E-state index is 0.00431. The van der Waals surface area contributed by atoms with Crippen LogP contribution in [0.1, 0.15) is 29.2 Å². The van der Waals surface area contributed by atoms with Gasteiger partial charge in [0.1, 0.15) is 5.76 Å². The summed E-state index contributed by atoms with van der Waals surface area (Å²) in [5, 5.41) is 2.88. The Hall–Kier alpha value is -2.67. The van der Waals surface area contributed by atoms with Crippen LogP contribution < -0.4 is 5.32 Å². The topological polar surface area (TPSA) is 84.7 Å². The summed E-state index contributed by atoms with van der Waals surface area (Å²) in [5.74, 6) is 0.351. The third kappa shape index (κ3) is 3.22. The van der Waals surface area contributed by atoms with E-state index in [1.165, 1.54) is 0 Å². The average molecular weight is 355 g/mol. The molecule has 0 radical (unpaired) electrons. The van der Waals surface area contributed by atoms with Crippen LogP contribution in [0, 0.1) is 12.8 Å². The number of carbonyl (C=O) groups excluding carboxylic acids is 2. The summed E-state index contributed by atoms with van der Waals surface area (Å²) >= 11 is 0. The van der Waals surface area contributed by atoms with Gasteiger partial charge in [0, 0.05) is 19.3 Å². The molecule has 7 heteroatoms. The Morgan fingerprint density at radius 2 is 2.19 bits per heavy atom. The lowest BCUT2D eigenvalue weighted by Gasteiger charge is -2.39. The predicted octanol–water partition coefficient (Wildman–Crippen LogP) is 2.24. The summed E-state index contributed by atoms with van der Waals surface area (Å²) in [6.07, 6.45) is 4.53. The molecular weight excluding hydrogens is 334 g/mol. The van der Waals surface area contributed by atoms with Gasteiger partial charge in [-0.2, -0.15) is 0 Å². The first-order chi connectivity index (χ1) is 12.6. The number of amides is 2. The maximum Gasteiger partial charge on any atom is 0.289 e. The fourth-order valence-corrected chi connectivity index (χ4v) is 3.74. The van der Waals surface area contributed by atoms with Crippen LogP contribution in [0.15, 0.2) is 41.1 Å². The molecule has 2 aromatic rings. The van der Waals surface area contributed by atoms with Crippen LogP contribution in [0.2, 0.25) is 0 Å². The van der Waals surface area contributed by atoms with Crippen molar-refractivity contribution in [3.05, 3.63) is 48.2 Å². The van der Waals surface area contributed by atoms with Gasteiger partial charge in [-0.05, 0) is 44.0 Å². The molecular formula is C19H21N3O4. The van der Waals surface area contributed by atoms with E-state index in [0.29, 0.717) is 36.8 Å². The van der Waals surface area contributed by atoms with E-state index in [2.05, 4.69) is 10.3 Å². The Kier molecular flexibility index (Phi) is 4.46. The molecule has 2 aliphatic heterocycles. The van der Waals surface area contributed by atoms with Crippen LogP contribution in [0.5, 0.6) is 0 Å². The molecule has 2 fully saturated rings. The van der Waals surface area contributed by atoms with Crippen molar-refractivity contribution >= 4 is 17.5 Å². The predicted molar refractivity (Wildman–Crippen MR) is 93.6 cm³/mol. The molecule has 0 bridgehead atoms. The fourth-order valence-electron chi connectivity index (χ4n) is 3.74. The number of hydrogen-bond donors (Lipinski definition) is 1. The number of nitrogens with one attached hydrogen (secondary N) is 1. The molecule has 0 aromatic carbocycles. The quantitative estimate of drug-likeness (QED) is 0.913. The van der Waals surface area contributed by atoms with E-state index in [4.69, 9.17) is 9.15 Å². The summed E-state index contributed by atoms with van der Waals surface area (Å²) in [6.45, 7) is 2.76. The van der Waals surface area contributed by atoms with Gasteiger partial charge < -0.3 is 19.4 Å². The van der Waals surface area contributed by atoms with Gasteiger partial charge in [0.15, 0.2) is 5.76 Å². The average Bonchev–Trinajstić information content (AvgIpc) is 3.29. The molecule has 136 valence electrons. The van der Waals surface area contributed by atoms with Crippen molar-refractivity contribution in [3.63, 3.8) is 0 Å². The van der Waals surface area contributed by atoms with Gasteiger partial charge in [-0.3, -0.25) is 14.6 Å². The number of aryl methyl sites for hydroxylation is 1. The van der Waals surface area contributed by atoms with Gasteiger partial charge in [-0.25, -0.2) is 0 Å². The Balaban J connectivity index is 1.52. The van der Waals surface area contributed by atoms with Gasteiger partial charge in [-0.15, -0.1) is 0 Å². The smallest absolute Gasteiger partial charge is 0.289 e. The first kappa shape index (κ1) is 16.8. The minimum atomic E-state index is -0.338. The summed E-state index contributed by atoms with van der Waals surface area (Å²) in [5.41, 5.74) is 0.645. The minimum Gasteiger partial charge on any atom is -0.456 e. The first-order valence-electron chi connectivity index (χ1n) is 8.82. The number of aromatic nitrogens is 1. The normalized spacial score (nSPS) is 25.0. The summed E-state index contributed by atoms with van der Waals surface area (Å²) in [7, 11) is 0. The molecule has 3 atom stereocenters. The highest BCUT2D eigenvalue weighted by atomic mass is 16.5.